The lowest BCUT2D eigenvalue weighted by Crippen LogP contribution is -2.37. The normalized spacial score (nSPS) is 18.4. The summed E-state index contributed by atoms with van der Waals surface area (Å²) in [6.07, 6.45) is 9.66. The Morgan fingerprint density at radius 1 is 0.971 bits per heavy atom. The highest BCUT2D eigenvalue weighted by Crippen LogP contribution is 2.45. The molecule has 0 amide bonds. The summed E-state index contributed by atoms with van der Waals surface area (Å²) < 4.78 is 12.4. The van der Waals surface area contributed by atoms with Crippen LogP contribution in [0.4, 0.5) is 0 Å². The molecule has 0 radical (unpaired) electrons. The number of fused-ring (bicyclic) bond motifs is 1. The van der Waals surface area contributed by atoms with Gasteiger partial charge in [-0.2, -0.15) is 0 Å². The number of carbonyl (C=O) groups is 2. The van der Waals surface area contributed by atoms with Crippen LogP contribution in [-0.2, 0) is 16.0 Å². The van der Waals surface area contributed by atoms with Gasteiger partial charge in [-0.3, -0.25) is 9.59 Å². The fraction of sp³-hybridized carbons (Fsp3) is 0.724. The van der Waals surface area contributed by atoms with Crippen LogP contribution >= 0.6 is 0 Å². The Labute approximate surface area is 206 Å². The number of rotatable bonds is 13. The van der Waals surface area contributed by atoms with E-state index in [1.807, 2.05) is 20.8 Å². The molecule has 1 heterocycles. The summed E-state index contributed by atoms with van der Waals surface area (Å²) in [6, 6.07) is 0. The van der Waals surface area contributed by atoms with Crippen molar-refractivity contribution in [2.24, 2.45) is 11.8 Å². The fourth-order valence-electron chi connectivity index (χ4n) is 5.00. The maximum absolute atomic E-state index is 12.3. The smallest absolute Gasteiger partial charge is 0.311 e. The molecule has 192 valence electrons. The van der Waals surface area contributed by atoms with Gasteiger partial charge in [0.1, 0.15) is 17.1 Å². The molecule has 34 heavy (non-hydrogen) atoms. The van der Waals surface area contributed by atoms with E-state index in [1.54, 1.807) is 0 Å². The standard InChI is InChI=1S/C29H46O5/c1-19(2)11-8-12-20(3)13-10-17-29(7)18-16-24-23(6)27(21(4)22(5)28(24)34-29)33-26(32)15-9-14-25(30)31/h19-20H,8-18H2,1-7H3,(H,30,31). The third-order valence-electron chi connectivity index (χ3n) is 7.43. The number of carboxylic acids is 1. The van der Waals surface area contributed by atoms with Crippen molar-refractivity contribution in [3.8, 4) is 11.5 Å². The summed E-state index contributed by atoms with van der Waals surface area (Å²) in [5.74, 6) is 1.84. The van der Waals surface area contributed by atoms with Gasteiger partial charge in [-0.1, -0.05) is 46.5 Å². The Morgan fingerprint density at radius 2 is 1.65 bits per heavy atom. The van der Waals surface area contributed by atoms with E-state index in [4.69, 9.17) is 14.6 Å². The van der Waals surface area contributed by atoms with E-state index in [9.17, 15) is 9.59 Å². The Hall–Kier alpha value is -2.04. The molecule has 0 saturated heterocycles. The van der Waals surface area contributed by atoms with Crippen molar-refractivity contribution in [3.05, 3.63) is 22.3 Å². The van der Waals surface area contributed by atoms with Crippen LogP contribution in [0.2, 0.25) is 0 Å². The predicted octanol–water partition coefficient (Wildman–Crippen LogP) is 7.49. The van der Waals surface area contributed by atoms with E-state index < -0.39 is 5.97 Å². The second-order valence-electron chi connectivity index (χ2n) is 11.1. The maximum atomic E-state index is 12.3. The van der Waals surface area contributed by atoms with Gasteiger partial charge in [0.2, 0.25) is 0 Å². The molecule has 2 rings (SSSR count). The fourth-order valence-corrected chi connectivity index (χ4v) is 5.00. The molecule has 0 saturated carbocycles. The number of ether oxygens (including phenoxy) is 2. The molecule has 1 aliphatic heterocycles. The Balaban J connectivity index is 2.01. The average Bonchev–Trinajstić information content (AvgIpc) is 2.74. The summed E-state index contributed by atoms with van der Waals surface area (Å²) in [7, 11) is 0. The zero-order valence-electron chi connectivity index (χ0n) is 22.5. The van der Waals surface area contributed by atoms with Gasteiger partial charge in [-0.05, 0) is 88.3 Å². The Morgan fingerprint density at radius 3 is 2.29 bits per heavy atom. The quantitative estimate of drug-likeness (QED) is 0.237. The third kappa shape index (κ3) is 8.02. The molecule has 0 aliphatic carbocycles. The molecule has 0 bridgehead atoms. The number of hydrogen-bond acceptors (Lipinski definition) is 4. The highest BCUT2D eigenvalue weighted by atomic mass is 16.5. The number of benzene rings is 1. The zero-order chi connectivity index (χ0) is 25.5. The summed E-state index contributed by atoms with van der Waals surface area (Å²) in [6.45, 7) is 15.2. The first kappa shape index (κ1) is 28.2. The van der Waals surface area contributed by atoms with Gasteiger partial charge >= 0.3 is 11.9 Å². The molecule has 1 aromatic carbocycles. The van der Waals surface area contributed by atoms with Crippen LogP contribution in [0.25, 0.3) is 0 Å². The second-order valence-corrected chi connectivity index (χ2v) is 11.1. The van der Waals surface area contributed by atoms with Crippen molar-refractivity contribution in [1.82, 2.24) is 0 Å². The Kier molecular flexibility index (Phi) is 10.5. The molecule has 0 fully saturated rings. The van der Waals surface area contributed by atoms with Crippen LogP contribution in [0.15, 0.2) is 0 Å². The number of esters is 1. The first-order chi connectivity index (χ1) is 15.9. The molecular formula is C29H46O5. The van der Waals surface area contributed by atoms with E-state index in [2.05, 4.69) is 27.7 Å². The molecule has 2 unspecified atom stereocenters. The van der Waals surface area contributed by atoms with E-state index in [1.165, 1.54) is 32.1 Å². The highest BCUT2D eigenvalue weighted by molar-refractivity contribution is 5.75. The zero-order valence-corrected chi connectivity index (χ0v) is 22.5. The highest BCUT2D eigenvalue weighted by Gasteiger charge is 2.34. The monoisotopic (exact) mass is 474 g/mol. The van der Waals surface area contributed by atoms with E-state index in [-0.39, 0.29) is 30.8 Å². The second kappa shape index (κ2) is 12.6. The van der Waals surface area contributed by atoms with Crippen LogP contribution in [0.3, 0.4) is 0 Å². The van der Waals surface area contributed by atoms with Crippen molar-refractivity contribution in [1.29, 1.82) is 0 Å². The van der Waals surface area contributed by atoms with Crippen molar-refractivity contribution >= 4 is 11.9 Å². The Bertz CT molecular complexity index is 857. The molecule has 2 atom stereocenters. The number of carbonyl (C=O) groups excluding carboxylic acids is 1. The van der Waals surface area contributed by atoms with Crippen LogP contribution in [0.5, 0.6) is 11.5 Å². The van der Waals surface area contributed by atoms with Crippen LogP contribution in [-0.4, -0.2) is 22.6 Å². The van der Waals surface area contributed by atoms with Crippen molar-refractivity contribution in [3.63, 3.8) is 0 Å². The van der Waals surface area contributed by atoms with Crippen molar-refractivity contribution in [2.45, 2.75) is 125 Å². The lowest BCUT2D eigenvalue weighted by Gasteiger charge is -2.38. The van der Waals surface area contributed by atoms with Gasteiger partial charge in [-0.15, -0.1) is 0 Å². The van der Waals surface area contributed by atoms with E-state index in [0.29, 0.717) is 5.75 Å². The van der Waals surface area contributed by atoms with Crippen LogP contribution < -0.4 is 9.47 Å². The van der Waals surface area contributed by atoms with Gasteiger partial charge in [0.05, 0.1) is 0 Å². The molecule has 0 spiro atoms. The maximum Gasteiger partial charge on any atom is 0.311 e. The van der Waals surface area contributed by atoms with Crippen molar-refractivity contribution < 1.29 is 24.2 Å². The lowest BCUT2D eigenvalue weighted by molar-refractivity contribution is -0.137. The first-order valence-corrected chi connectivity index (χ1v) is 13.2. The SMILES string of the molecule is Cc1c(C)c2c(c(C)c1OC(=O)CCCC(=O)O)CCC(C)(CCCC(C)CCCC(C)C)O2. The van der Waals surface area contributed by atoms with E-state index in [0.717, 1.165) is 59.1 Å². The first-order valence-electron chi connectivity index (χ1n) is 13.2. The molecule has 1 aromatic rings. The largest absolute Gasteiger partial charge is 0.487 e. The molecular weight excluding hydrogens is 428 g/mol. The lowest BCUT2D eigenvalue weighted by atomic mass is 9.84. The number of aliphatic carboxylic acids is 1. The molecule has 0 aromatic heterocycles. The summed E-state index contributed by atoms with van der Waals surface area (Å²) in [4.78, 5) is 23.0. The minimum Gasteiger partial charge on any atom is -0.487 e. The minimum atomic E-state index is -0.898. The summed E-state index contributed by atoms with van der Waals surface area (Å²) in [5.41, 5.74) is 3.89. The third-order valence-corrected chi connectivity index (χ3v) is 7.43. The van der Waals surface area contributed by atoms with Crippen molar-refractivity contribution in [2.75, 3.05) is 0 Å². The van der Waals surface area contributed by atoms with Gasteiger partial charge in [-0.25, -0.2) is 0 Å². The minimum absolute atomic E-state index is 0.0283. The van der Waals surface area contributed by atoms with Crippen LogP contribution in [0, 0.1) is 32.6 Å². The van der Waals surface area contributed by atoms with Crippen LogP contribution in [0.1, 0.15) is 114 Å². The molecule has 5 heteroatoms. The number of carboxylic acid groups (broad SMARTS) is 1. The van der Waals surface area contributed by atoms with Gasteiger partial charge in [0, 0.05) is 18.4 Å². The van der Waals surface area contributed by atoms with Gasteiger partial charge in [0.15, 0.2) is 0 Å². The molecule has 1 aliphatic rings. The predicted molar refractivity (Wildman–Crippen MR) is 137 cm³/mol. The topological polar surface area (TPSA) is 72.8 Å². The average molecular weight is 475 g/mol. The number of hydrogen-bond donors (Lipinski definition) is 1. The summed E-state index contributed by atoms with van der Waals surface area (Å²) >= 11 is 0. The summed E-state index contributed by atoms with van der Waals surface area (Å²) in [5, 5.41) is 8.78. The van der Waals surface area contributed by atoms with Gasteiger partial charge in [0.25, 0.3) is 0 Å². The van der Waals surface area contributed by atoms with E-state index >= 15 is 0 Å². The molecule has 1 N–H and O–H groups in total. The molecule has 5 nitrogen and oxygen atoms in total. The van der Waals surface area contributed by atoms with Gasteiger partial charge < -0.3 is 14.6 Å².